The first kappa shape index (κ1) is 20.1. The quantitative estimate of drug-likeness (QED) is 0.496. The Bertz CT molecular complexity index is 952. The summed E-state index contributed by atoms with van der Waals surface area (Å²) < 4.78 is 0. The number of nitrogens with one attached hydrogen (secondary N) is 4. The first-order valence-corrected chi connectivity index (χ1v) is 9.17. The molecule has 29 heavy (non-hydrogen) atoms. The van der Waals surface area contributed by atoms with Crippen LogP contribution in [0.15, 0.2) is 60.9 Å². The highest BCUT2D eigenvalue weighted by Crippen LogP contribution is 2.20. The van der Waals surface area contributed by atoms with E-state index in [1.807, 2.05) is 68.8 Å². The number of carbonyl (C=O) groups excluding carboxylic acids is 2. The van der Waals surface area contributed by atoms with E-state index >= 15 is 0 Å². The minimum absolute atomic E-state index is 0.0864. The Morgan fingerprint density at radius 1 is 1.00 bits per heavy atom. The van der Waals surface area contributed by atoms with Crippen molar-refractivity contribution in [3.05, 3.63) is 66.5 Å². The molecule has 1 heterocycles. The molecule has 8 nitrogen and oxygen atoms in total. The Morgan fingerprint density at radius 3 is 2.48 bits per heavy atom. The van der Waals surface area contributed by atoms with Gasteiger partial charge in [-0.3, -0.25) is 9.89 Å². The average molecular weight is 392 g/mol. The van der Waals surface area contributed by atoms with Crippen molar-refractivity contribution in [3.8, 4) is 11.1 Å². The summed E-state index contributed by atoms with van der Waals surface area (Å²) in [4.78, 5) is 25.8. The minimum atomic E-state index is -0.303. The second kappa shape index (κ2) is 9.52. The smallest absolute Gasteiger partial charge is 0.319 e. The number of hydrogen-bond donors (Lipinski definition) is 4. The Kier molecular flexibility index (Phi) is 6.59. The molecule has 0 saturated carbocycles. The molecule has 0 saturated heterocycles. The summed E-state index contributed by atoms with van der Waals surface area (Å²) in [6.07, 6.45) is 3.55. The first-order valence-electron chi connectivity index (χ1n) is 9.17. The fourth-order valence-electron chi connectivity index (χ4n) is 2.76. The maximum absolute atomic E-state index is 12.2. The van der Waals surface area contributed by atoms with Gasteiger partial charge in [-0.15, -0.1) is 0 Å². The molecule has 1 aromatic heterocycles. The number of rotatable bonds is 7. The van der Waals surface area contributed by atoms with E-state index in [-0.39, 0.29) is 11.9 Å². The SMILES string of the molecule is CN(C)CC(=O)Nc1cccc(CNC(=O)Nc2ccc(-c3cn[nH]c3)cc2)c1. The van der Waals surface area contributed by atoms with Crippen LogP contribution in [0, 0.1) is 0 Å². The highest BCUT2D eigenvalue weighted by molar-refractivity contribution is 5.92. The molecule has 0 bridgehead atoms. The van der Waals surface area contributed by atoms with Gasteiger partial charge in [-0.25, -0.2) is 4.79 Å². The monoisotopic (exact) mass is 392 g/mol. The van der Waals surface area contributed by atoms with Gasteiger partial charge in [-0.2, -0.15) is 5.10 Å². The van der Waals surface area contributed by atoms with Gasteiger partial charge < -0.3 is 20.9 Å². The number of anilines is 2. The topological polar surface area (TPSA) is 102 Å². The summed E-state index contributed by atoms with van der Waals surface area (Å²) in [5, 5.41) is 15.2. The number of likely N-dealkylation sites (N-methyl/N-ethyl adjacent to an activating group) is 1. The van der Waals surface area contributed by atoms with E-state index < -0.39 is 0 Å². The Morgan fingerprint density at radius 2 is 1.79 bits per heavy atom. The van der Waals surface area contributed by atoms with Crippen LogP contribution in [0.3, 0.4) is 0 Å². The molecular formula is C21H24N6O2. The Hall–Kier alpha value is -3.65. The fraction of sp³-hybridized carbons (Fsp3) is 0.190. The minimum Gasteiger partial charge on any atom is -0.334 e. The van der Waals surface area contributed by atoms with Crippen molar-refractivity contribution >= 4 is 23.3 Å². The largest absolute Gasteiger partial charge is 0.334 e. The third kappa shape index (κ3) is 6.18. The van der Waals surface area contributed by atoms with Crippen molar-refractivity contribution in [1.29, 1.82) is 0 Å². The standard InChI is InChI=1S/C21H24N6O2/c1-27(2)14-20(28)25-19-5-3-4-15(10-19)11-22-21(29)26-18-8-6-16(7-9-18)17-12-23-24-13-17/h3-10,12-13H,11,14H2,1-2H3,(H,23,24)(H,25,28)(H2,22,26,29). The number of aromatic amines is 1. The second-order valence-corrected chi connectivity index (χ2v) is 6.86. The van der Waals surface area contributed by atoms with E-state index in [4.69, 9.17) is 0 Å². The molecule has 3 rings (SSSR count). The third-order valence-corrected chi connectivity index (χ3v) is 4.10. The van der Waals surface area contributed by atoms with Gasteiger partial charge in [0.1, 0.15) is 0 Å². The number of carbonyl (C=O) groups is 2. The van der Waals surface area contributed by atoms with Gasteiger partial charge in [0.05, 0.1) is 12.7 Å². The molecular weight excluding hydrogens is 368 g/mol. The van der Waals surface area contributed by atoms with Crippen LogP contribution >= 0.6 is 0 Å². The van der Waals surface area contributed by atoms with E-state index in [1.54, 1.807) is 11.1 Å². The van der Waals surface area contributed by atoms with E-state index in [0.29, 0.717) is 24.5 Å². The predicted molar refractivity (Wildman–Crippen MR) is 114 cm³/mol. The van der Waals surface area contributed by atoms with Crippen LogP contribution in [-0.2, 0) is 11.3 Å². The molecule has 0 aliphatic heterocycles. The Balaban J connectivity index is 1.50. The number of aromatic nitrogens is 2. The molecule has 0 atom stereocenters. The normalized spacial score (nSPS) is 10.6. The van der Waals surface area contributed by atoms with Gasteiger partial charge in [0.25, 0.3) is 0 Å². The third-order valence-electron chi connectivity index (χ3n) is 4.10. The molecule has 3 amide bonds. The molecule has 0 aliphatic rings. The molecule has 0 radical (unpaired) electrons. The highest BCUT2D eigenvalue weighted by Gasteiger charge is 2.06. The van der Waals surface area contributed by atoms with Gasteiger partial charge in [0.15, 0.2) is 0 Å². The fourth-order valence-corrected chi connectivity index (χ4v) is 2.76. The van der Waals surface area contributed by atoms with Crippen LogP contribution in [0.2, 0.25) is 0 Å². The van der Waals surface area contributed by atoms with Gasteiger partial charge >= 0.3 is 6.03 Å². The summed E-state index contributed by atoms with van der Waals surface area (Å²) in [6, 6.07) is 14.6. The molecule has 8 heteroatoms. The van der Waals surface area contributed by atoms with Crippen LogP contribution in [-0.4, -0.2) is 47.7 Å². The summed E-state index contributed by atoms with van der Waals surface area (Å²) in [5.74, 6) is -0.0864. The summed E-state index contributed by atoms with van der Waals surface area (Å²) in [5.41, 5.74) is 4.28. The van der Waals surface area contributed by atoms with E-state index in [1.165, 1.54) is 0 Å². The lowest BCUT2D eigenvalue weighted by Gasteiger charge is -2.12. The van der Waals surface area contributed by atoms with Crippen molar-refractivity contribution in [3.63, 3.8) is 0 Å². The predicted octanol–water partition coefficient (Wildman–Crippen LogP) is 2.90. The lowest BCUT2D eigenvalue weighted by molar-refractivity contribution is -0.116. The van der Waals surface area contributed by atoms with E-state index in [9.17, 15) is 9.59 Å². The molecule has 3 aromatic rings. The molecule has 2 aromatic carbocycles. The number of benzene rings is 2. The second-order valence-electron chi connectivity index (χ2n) is 6.86. The zero-order valence-corrected chi connectivity index (χ0v) is 16.4. The van der Waals surface area contributed by atoms with E-state index in [2.05, 4.69) is 26.1 Å². The molecule has 0 unspecified atom stereocenters. The Labute approximate surface area is 169 Å². The molecule has 4 N–H and O–H groups in total. The van der Waals surface area contributed by atoms with Crippen molar-refractivity contribution in [1.82, 2.24) is 20.4 Å². The van der Waals surface area contributed by atoms with Crippen molar-refractivity contribution in [2.45, 2.75) is 6.54 Å². The molecule has 0 spiro atoms. The van der Waals surface area contributed by atoms with Gasteiger partial charge in [-0.05, 0) is 49.5 Å². The van der Waals surface area contributed by atoms with Gasteiger partial charge in [-0.1, -0.05) is 24.3 Å². The van der Waals surface area contributed by atoms with Crippen LogP contribution in [0.1, 0.15) is 5.56 Å². The maximum atomic E-state index is 12.2. The lowest BCUT2D eigenvalue weighted by Crippen LogP contribution is -2.28. The van der Waals surface area contributed by atoms with Crippen molar-refractivity contribution in [2.24, 2.45) is 0 Å². The van der Waals surface area contributed by atoms with Crippen molar-refractivity contribution < 1.29 is 9.59 Å². The van der Waals surface area contributed by atoms with E-state index in [0.717, 1.165) is 16.7 Å². The zero-order valence-electron chi connectivity index (χ0n) is 16.4. The van der Waals surface area contributed by atoms with Crippen molar-refractivity contribution in [2.75, 3.05) is 31.3 Å². The van der Waals surface area contributed by atoms with Crippen LogP contribution in [0.25, 0.3) is 11.1 Å². The highest BCUT2D eigenvalue weighted by atomic mass is 16.2. The van der Waals surface area contributed by atoms with Crippen LogP contribution < -0.4 is 16.0 Å². The van der Waals surface area contributed by atoms with Gasteiger partial charge in [0, 0.05) is 29.7 Å². The summed E-state index contributed by atoms with van der Waals surface area (Å²) in [7, 11) is 3.67. The average Bonchev–Trinajstić information content (AvgIpc) is 3.21. The van der Waals surface area contributed by atoms with Crippen LogP contribution in [0.4, 0.5) is 16.2 Å². The maximum Gasteiger partial charge on any atom is 0.319 e. The number of H-pyrrole nitrogens is 1. The number of urea groups is 1. The molecule has 0 aliphatic carbocycles. The number of amides is 3. The lowest BCUT2D eigenvalue weighted by atomic mass is 10.1. The molecule has 0 fully saturated rings. The summed E-state index contributed by atoms with van der Waals surface area (Å²) in [6.45, 7) is 0.653. The molecule has 150 valence electrons. The van der Waals surface area contributed by atoms with Gasteiger partial charge in [0.2, 0.25) is 5.91 Å². The summed E-state index contributed by atoms with van der Waals surface area (Å²) >= 11 is 0. The zero-order chi connectivity index (χ0) is 20.6. The number of hydrogen-bond acceptors (Lipinski definition) is 4. The number of nitrogens with zero attached hydrogens (tertiary/aromatic N) is 2. The first-order chi connectivity index (χ1) is 14.0. The van der Waals surface area contributed by atoms with Crippen LogP contribution in [0.5, 0.6) is 0 Å².